The zero-order chi connectivity index (χ0) is 14.6. The largest absolute Gasteiger partial charge is 0.383 e. The number of sulfone groups is 1. The highest BCUT2D eigenvalue weighted by molar-refractivity contribution is 7.91. The second-order valence-electron chi connectivity index (χ2n) is 4.55. The van der Waals surface area contributed by atoms with Gasteiger partial charge in [-0.05, 0) is 6.42 Å². The van der Waals surface area contributed by atoms with Gasteiger partial charge in [-0.1, -0.05) is 5.16 Å². The van der Waals surface area contributed by atoms with E-state index in [-0.39, 0.29) is 23.4 Å². The zero-order valence-electron chi connectivity index (χ0n) is 11.1. The predicted molar refractivity (Wildman–Crippen MR) is 71.2 cm³/mol. The van der Waals surface area contributed by atoms with Gasteiger partial charge in [0.25, 0.3) is 0 Å². The van der Waals surface area contributed by atoms with Gasteiger partial charge in [-0.3, -0.25) is 5.32 Å². The van der Waals surface area contributed by atoms with Crippen molar-refractivity contribution in [2.75, 3.05) is 37.1 Å². The van der Waals surface area contributed by atoms with Crippen LogP contribution in [0.3, 0.4) is 0 Å². The number of carbonyl (C=O) groups is 1. The normalized spacial score (nSPS) is 20.8. The lowest BCUT2D eigenvalue weighted by atomic mass is 10.2. The maximum absolute atomic E-state index is 12.2. The lowest BCUT2D eigenvalue weighted by Gasteiger charge is -2.27. The summed E-state index contributed by atoms with van der Waals surface area (Å²) in [5.74, 6) is 0.315. The third-order valence-corrected chi connectivity index (χ3v) is 4.86. The third-order valence-electron chi connectivity index (χ3n) is 3.11. The standard InChI is InChI=1S/C11H17N3O5S/c1-18-6-5-14(9-3-7-20(16,17)8-9)11(15)13-10-2-4-12-19-10/h2,4,9H,3,5-8H2,1H3,(H,13,15). The summed E-state index contributed by atoms with van der Waals surface area (Å²) in [6, 6.07) is 0.761. The lowest BCUT2D eigenvalue weighted by molar-refractivity contribution is 0.140. The van der Waals surface area contributed by atoms with E-state index < -0.39 is 15.9 Å². The molecule has 0 aromatic carbocycles. The Labute approximate surface area is 117 Å². The van der Waals surface area contributed by atoms with Crippen LogP contribution in [0.25, 0.3) is 0 Å². The second kappa shape index (κ2) is 6.23. The van der Waals surface area contributed by atoms with Gasteiger partial charge in [0, 0.05) is 25.8 Å². The van der Waals surface area contributed by atoms with Crippen LogP contribution in [-0.4, -0.2) is 62.3 Å². The predicted octanol–water partition coefficient (Wildman–Crippen LogP) is 0.342. The molecule has 1 atom stereocenters. The Kier molecular flexibility index (Phi) is 4.61. The highest BCUT2D eigenvalue weighted by Gasteiger charge is 2.34. The number of hydrogen-bond donors (Lipinski definition) is 1. The number of amides is 2. The molecular formula is C11H17N3O5S. The van der Waals surface area contributed by atoms with Crippen LogP contribution in [0.4, 0.5) is 10.7 Å². The van der Waals surface area contributed by atoms with E-state index in [2.05, 4.69) is 10.5 Å². The van der Waals surface area contributed by atoms with Gasteiger partial charge in [-0.2, -0.15) is 0 Å². The SMILES string of the molecule is COCCN(C(=O)Nc1ccno1)C1CCS(=O)(=O)C1. The number of ether oxygens (including phenoxy) is 1. The van der Waals surface area contributed by atoms with Crippen molar-refractivity contribution in [1.82, 2.24) is 10.1 Å². The van der Waals surface area contributed by atoms with E-state index in [0.29, 0.717) is 19.6 Å². The van der Waals surface area contributed by atoms with E-state index in [1.54, 1.807) is 0 Å². The number of rotatable bonds is 5. The minimum Gasteiger partial charge on any atom is -0.383 e. The van der Waals surface area contributed by atoms with Crippen LogP contribution < -0.4 is 5.32 Å². The second-order valence-corrected chi connectivity index (χ2v) is 6.78. The van der Waals surface area contributed by atoms with Crippen molar-refractivity contribution in [2.24, 2.45) is 0 Å². The maximum Gasteiger partial charge on any atom is 0.324 e. The number of nitrogens with one attached hydrogen (secondary N) is 1. The molecule has 0 spiro atoms. The molecule has 0 aliphatic carbocycles. The van der Waals surface area contributed by atoms with Crippen LogP contribution in [0, 0.1) is 0 Å². The lowest BCUT2D eigenvalue weighted by Crippen LogP contribution is -2.45. The fourth-order valence-electron chi connectivity index (χ4n) is 2.12. The Morgan fingerprint density at radius 2 is 2.45 bits per heavy atom. The van der Waals surface area contributed by atoms with Crippen LogP contribution in [0.1, 0.15) is 6.42 Å². The van der Waals surface area contributed by atoms with Crippen molar-refractivity contribution >= 4 is 21.8 Å². The molecule has 1 aromatic heterocycles. The number of nitrogens with zero attached hydrogens (tertiary/aromatic N) is 2. The van der Waals surface area contributed by atoms with E-state index in [4.69, 9.17) is 9.26 Å². The minimum atomic E-state index is -3.06. The third kappa shape index (κ3) is 3.70. The molecule has 1 aromatic rings. The molecule has 1 N–H and O–H groups in total. The van der Waals surface area contributed by atoms with Gasteiger partial charge in [-0.25, -0.2) is 13.2 Å². The highest BCUT2D eigenvalue weighted by atomic mass is 32.2. The monoisotopic (exact) mass is 303 g/mol. The summed E-state index contributed by atoms with van der Waals surface area (Å²) in [5, 5.41) is 6.03. The van der Waals surface area contributed by atoms with Crippen molar-refractivity contribution in [3.63, 3.8) is 0 Å². The minimum absolute atomic E-state index is 0.0134. The van der Waals surface area contributed by atoms with E-state index in [0.717, 1.165) is 0 Å². The van der Waals surface area contributed by atoms with Crippen molar-refractivity contribution in [3.05, 3.63) is 12.3 Å². The molecule has 0 bridgehead atoms. The topological polar surface area (TPSA) is 102 Å². The van der Waals surface area contributed by atoms with Crippen molar-refractivity contribution < 1.29 is 22.5 Å². The molecule has 1 unspecified atom stereocenters. The Bertz CT molecular complexity index is 542. The van der Waals surface area contributed by atoms with Crippen LogP contribution in [0.5, 0.6) is 0 Å². The van der Waals surface area contributed by atoms with Gasteiger partial charge in [0.15, 0.2) is 9.84 Å². The Morgan fingerprint density at radius 1 is 1.65 bits per heavy atom. The van der Waals surface area contributed by atoms with Crippen molar-refractivity contribution in [3.8, 4) is 0 Å². The summed E-state index contributed by atoms with van der Waals surface area (Å²) >= 11 is 0. The van der Waals surface area contributed by atoms with Crippen LogP contribution in [-0.2, 0) is 14.6 Å². The fourth-order valence-corrected chi connectivity index (χ4v) is 3.85. The first-order valence-electron chi connectivity index (χ1n) is 6.19. The highest BCUT2D eigenvalue weighted by Crippen LogP contribution is 2.19. The quantitative estimate of drug-likeness (QED) is 0.841. The van der Waals surface area contributed by atoms with Crippen molar-refractivity contribution in [2.45, 2.75) is 12.5 Å². The Hall–Kier alpha value is -1.61. The Balaban J connectivity index is 2.04. The Morgan fingerprint density at radius 3 is 3.00 bits per heavy atom. The number of aromatic nitrogens is 1. The van der Waals surface area contributed by atoms with E-state index >= 15 is 0 Å². The first-order valence-corrected chi connectivity index (χ1v) is 8.01. The zero-order valence-corrected chi connectivity index (χ0v) is 11.9. The maximum atomic E-state index is 12.2. The summed E-state index contributed by atoms with van der Waals surface area (Å²) in [4.78, 5) is 13.7. The van der Waals surface area contributed by atoms with E-state index in [1.165, 1.54) is 24.3 Å². The molecule has 0 saturated carbocycles. The fraction of sp³-hybridized carbons (Fsp3) is 0.636. The number of hydrogen-bond acceptors (Lipinski definition) is 6. The van der Waals surface area contributed by atoms with Gasteiger partial charge < -0.3 is 14.2 Å². The molecule has 20 heavy (non-hydrogen) atoms. The van der Waals surface area contributed by atoms with Crippen molar-refractivity contribution in [1.29, 1.82) is 0 Å². The summed E-state index contributed by atoms with van der Waals surface area (Å²) in [6.45, 7) is 0.650. The molecule has 112 valence electrons. The molecule has 2 heterocycles. The molecular weight excluding hydrogens is 286 g/mol. The summed E-state index contributed by atoms with van der Waals surface area (Å²) in [6.07, 6.45) is 1.85. The number of carbonyl (C=O) groups excluding carboxylic acids is 1. The number of urea groups is 1. The van der Waals surface area contributed by atoms with E-state index in [1.807, 2.05) is 0 Å². The van der Waals surface area contributed by atoms with Gasteiger partial charge in [0.05, 0.1) is 24.3 Å². The van der Waals surface area contributed by atoms with Gasteiger partial charge in [-0.15, -0.1) is 0 Å². The first-order chi connectivity index (χ1) is 9.52. The van der Waals surface area contributed by atoms with Gasteiger partial charge in [0.1, 0.15) is 0 Å². The molecule has 2 amide bonds. The number of anilines is 1. The van der Waals surface area contributed by atoms with Gasteiger partial charge >= 0.3 is 6.03 Å². The molecule has 9 heteroatoms. The van der Waals surface area contributed by atoms with E-state index in [9.17, 15) is 13.2 Å². The first kappa shape index (κ1) is 14.8. The smallest absolute Gasteiger partial charge is 0.324 e. The molecule has 1 aliphatic rings. The van der Waals surface area contributed by atoms with Crippen LogP contribution >= 0.6 is 0 Å². The summed E-state index contributed by atoms with van der Waals surface area (Å²) in [7, 11) is -1.53. The number of methoxy groups -OCH3 is 1. The molecule has 1 saturated heterocycles. The average molecular weight is 303 g/mol. The molecule has 2 rings (SSSR count). The molecule has 1 aliphatic heterocycles. The molecule has 0 radical (unpaired) electrons. The summed E-state index contributed by atoms with van der Waals surface area (Å²) in [5.41, 5.74) is 0. The van der Waals surface area contributed by atoms with Crippen LogP contribution in [0.15, 0.2) is 16.8 Å². The molecule has 8 nitrogen and oxygen atoms in total. The molecule has 1 fully saturated rings. The van der Waals surface area contributed by atoms with Crippen LogP contribution in [0.2, 0.25) is 0 Å². The average Bonchev–Trinajstić information content (AvgIpc) is 3.00. The summed E-state index contributed by atoms with van der Waals surface area (Å²) < 4.78 is 32.8. The van der Waals surface area contributed by atoms with Gasteiger partial charge in [0.2, 0.25) is 5.88 Å².